The fourth-order valence-electron chi connectivity index (χ4n) is 4.78. The van der Waals surface area contributed by atoms with Crippen LogP contribution in [0.15, 0.2) is 0 Å². The van der Waals surface area contributed by atoms with Gasteiger partial charge in [-0.05, 0) is 44.6 Å². The maximum Gasteiger partial charge on any atom is 0.0746 e. The highest BCUT2D eigenvalue weighted by Gasteiger charge is 2.44. The van der Waals surface area contributed by atoms with Crippen molar-refractivity contribution in [2.75, 3.05) is 19.6 Å². The minimum absolute atomic E-state index is 0.0896. The van der Waals surface area contributed by atoms with E-state index in [1.165, 1.54) is 58.2 Å². The van der Waals surface area contributed by atoms with Crippen molar-refractivity contribution in [3.8, 4) is 0 Å². The van der Waals surface area contributed by atoms with E-state index < -0.39 is 0 Å². The number of piperidine rings is 1. The molecule has 20 heavy (non-hydrogen) atoms. The van der Waals surface area contributed by atoms with Gasteiger partial charge in [0.05, 0.1) is 6.10 Å². The number of piperazine rings is 1. The predicted octanol–water partition coefficient (Wildman–Crippen LogP) is 2.48. The zero-order valence-electron chi connectivity index (χ0n) is 13.5. The molecular weight excluding hydrogens is 248 g/mol. The first kappa shape index (κ1) is 14.8. The minimum atomic E-state index is -0.158. The van der Waals surface area contributed by atoms with Crippen LogP contribution in [-0.2, 0) is 0 Å². The van der Waals surface area contributed by atoms with Crippen LogP contribution >= 0.6 is 0 Å². The smallest absolute Gasteiger partial charge is 0.0746 e. The monoisotopic (exact) mass is 280 g/mol. The molecule has 0 spiro atoms. The van der Waals surface area contributed by atoms with Crippen LogP contribution in [0.5, 0.6) is 0 Å². The summed E-state index contributed by atoms with van der Waals surface area (Å²) in [7, 11) is 0. The molecule has 2 aliphatic heterocycles. The number of hydrogen-bond acceptors (Lipinski definition) is 3. The summed E-state index contributed by atoms with van der Waals surface area (Å²) in [4.78, 5) is 5.35. The lowest BCUT2D eigenvalue weighted by molar-refractivity contribution is -0.0961. The molecule has 3 rings (SSSR count). The molecule has 116 valence electrons. The van der Waals surface area contributed by atoms with Crippen molar-refractivity contribution in [1.82, 2.24) is 9.80 Å². The summed E-state index contributed by atoms with van der Waals surface area (Å²) in [6, 6.07) is 1.73. The van der Waals surface area contributed by atoms with Crippen LogP contribution in [0, 0.1) is 5.41 Å². The van der Waals surface area contributed by atoms with Crippen molar-refractivity contribution in [3.05, 3.63) is 0 Å². The third-order valence-electron chi connectivity index (χ3n) is 6.15. The Kier molecular flexibility index (Phi) is 4.13. The average Bonchev–Trinajstić information content (AvgIpc) is 2.41. The summed E-state index contributed by atoms with van der Waals surface area (Å²) in [5.41, 5.74) is 0.0896. The molecule has 0 amide bonds. The molecule has 0 aromatic heterocycles. The molecule has 2 heterocycles. The van der Waals surface area contributed by atoms with Crippen molar-refractivity contribution in [2.24, 2.45) is 5.41 Å². The van der Waals surface area contributed by atoms with Crippen molar-refractivity contribution in [3.63, 3.8) is 0 Å². The van der Waals surface area contributed by atoms with Gasteiger partial charge in [0.25, 0.3) is 0 Å². The van der Waals surface area contributed by atoms with Crippen LogP contribution in [0.1, 0.15) is 59.3 Å². The van der Waals surface area contributed by atoms with Crippen LogP contribution in [0.2, 0.25) is 0 Å². The highest BCUT2D eigenvalue weighted by Crippen LogP contribution is 2.39. The van der Waals surface area contributed by atoms with Gasteiger partial charge in [0.2, 0.25) is 0 Å². The molecule has 4 atom stereocenters. The number of fused-ring (bicyclic) bond motifs is 1. The molecule has 0 aromatic carbocycles. The number of nitrogens with zero attached hydrogens (tertiary/aromatic N) is 2. The molecule has 1 saturated carbocycles. The molecular formula is C17H32N2O. The fourth-order valence-corrected chi connectivity index (χ4v) is 4.78. The highest BCUT2D eigenvalue weighted by molar-refractivity contribution is 4.98. The first-order valence-electron chi connectivity index (χ1n) is 8.67. The summed E-state index contributed by atoms with van der Waals surface area (Å²) in [6.45, 7) is 10.5. The number of rotatable bonds is 1. The Hall–Kier alpha value is -0.120. The second-order valence-corrected chi connectivity index (χ2v) is 8.08. The zero-order chi connectivity index (χ0) is 14.3. The summed E-state index contributed by atoms with van der Waals surface area (Å²) < 4.78 is 0. The van der Waals surface area contributed by atoms with Gasteiger partial charge < -0.3 is 5.11 Å². The Labute approximate surface area is 124 Å². The average molecular weight is 280 g/mol. The van der Waals surface area contributed by atoms with Crippen molar-refractivity contribution in [1.29, 1.82) is 0 Å². The van der Waals surface area contributed by atoms with E-state index in [1.54, 1.807) is 0 Å². The molecule has 4 unspecified atom stereocenters. The molecule has 3 heteroatoms. The van der Waals surface area contributed by atoms with Crippen LogP contribution in [0.25, 0.3) is 0 Å². The van der Waals surface area contributed by atoms with Crippen molar-refractivity contribution >= 4 is 0 Å². The summed E-state index contributed by atoms with van der Waals surface area (Å²) in [5.74, 6) is 0. The van der Waals surface area contributed by atoms with Crippen molar-refractivity contribution in [2.45, 2.75) is 83.5 Å². The molecule has 1 aliphatic carbocycles. The first-order valence-corrected chi connectivity index (χ1v) is 8.67. The maximum absolute atomic E-state index is 10.8. The lowest BCUT2D eigenvalue weighted by Crippen LogP contribution is -2.64. The SMILES string of the molecule is CC1CN2CCCCC2CN1C1CCCC(C)(C)C1O. The van der Waals surface area contributed by atoms with Gasteiger partial charge in [-0.1, -0.05) is 26.7 Å². The second-order valence-electron chi connectivity index (χ2n) is 8.08. The zero-order valence-corrected chi connectivity index (χ0v) is 13.5. The number of aliphatic hydroxyl groups is 1. The second kappa shape index (κ2) is 5.58. The van der Waals surface area contributed by atoms with E-state index >= 15 is 0 Å². The Bertz CT molecular complexity index is 344. The quantitative estimate of drug-likeness (QED) is 0.799. The predicted molar refractivity (Wildman–Crippen MR) is 82.8 cm³/mol. The van der Waals surface area contributed by atoms with Crippen LogP contribution in [-0.4, -0.2) is 58.8 Å². The molecule has 3 nitrogen and oxygen atoms in total. The summed E-state index contributed by atoms with van der Waals surface area (Å²) in [6.07, 6.45) is 7.59. The summed E-state index contributed by atoms with van der Waals surface area (Å²) in [5, 5.41) is 10.8. The molecule has 3 fully saturated rings. The lowest BCUT2D eigenvalue weighted by atomic mass is 9.71. The van der Waals surface area contributed by atoms with Gasteiger partial charge in [-0.15, -0.1) is 0 Å². The van der Waals surface area contributed by atoms with Gasteiger partial charge >= 0.3 is 0 Å². The molecule has 1 N–H and O–H groups in total. The Balaban J connectivity index is 1.72. The first-order chi connectivity index (χ1) is 9.49. The van der Waals surface area contributed by atoms with Crippen LogP contribution in [0.4, 0.5) is 0 Å². The maximum atomic E-state index is 10.8. The van der Waals surface area contributed by atoms with Crippen LogP contribution < -0.4 is 0 Å². The summed E-state index contributed by atoms with van der Waals surface area (Å²) >= 11 is 0. The molecule has 0 bridgehead atoms. The fraction of sp³-hybridized carbons (Fsp3) is 1.00. The standard InChI is InChI=1S/C17H32N2O/c1-13-11-18-10-5-4-7-14(18)12-19(13)15-8-6-9-17(2,3)16(15)20/h13-16,20H,4-12H2,1-3H3. The van der Waals surface area contributed by atoms with Crippen molar-refractivity contribution < 1.29 is 5.11 Å². The largest absolute Gasteiger partial charge is 0.391 e. The van der Waals surface area contributed by atoms with Crippen LogP contribution in [0.3, 0.4) is 0 Å². The Morgan fingerprint density at radius 2 is 1.85 bits per heavy atom. The van der Waals surface area contributed by atoms with E-state index in [0.717, 1.165) is 6.04 Å². The van der Waals surface area contributed by atoms with E-state index in [-0.39, 0.29) is 11.5 Å². The third kappa shape index (κ3) is 2.65. The van der Waals surface area contributed by atoms with E-state index in [4.69, 9.17) is 0 Å². The lowest BCUT2D eigenvalue weighted by Gasteiger charge is -2.54. The van der Waals surface area contributed by atoms with Gasteiger partial charge in [0, 0.05) is 31.2 Å². The van der Waals surface area contributed by atoms with E-state index in [2.05, 4.69) is 30.6 Å². The molecule has 0 aromatic rings. The molecule has 0 radical (unpaired) electrons. The molecule has 2 saturated heterocycles. The number of aliphatic hydroxyl groups excluding tert-OH is 1. The van der Waals surface area contributed by atoms with Gasteiger partial charge in [-0.2, -0.15) is 0 Å². The topological polar surface area (TPSA) is 26.7 Å². The van der Waals surface area contributed by atoms with E-state index in [1.807, 2.05) is 0 Å². The Morgan fingerprint density at radius 3 is 2.65 bits per heavy atom. The number of hydrogen-bond donors (Lipinski definition) is 1. The third-order valence-corrected chi connectivity index (χ3v) is 6.15. The highest BCUT2D eigenvalue weighted by atomic mass is 16.3. The van der Waals surface area contributed by atoms with Gasteiger partial charge in [-0.25, -0.2) is 0 Å². The van der Waals surface area contributed by atoms with Gasteiger partial charge in [-0.3, -0.25) is 9.80 Å². The van der Waals surface area contributed by atoms with E-state index in [9.17, 15) is 5.11 Å². The van der Waals surface area contributed by atoms with Gasteiger partial charge in [0.1, 0.15) is 0 Å². The molecule has 3 aliphatic rings. The normalized spacial score (nSPS) is 43.2. The Morgan fingerprint density at radius 1 is 1.05 bits per heavy atom. The van der Waals surface area contributed by atoms with E-state index in [0.29, 0.717) is 12.1 Å². The minimum Gasteiger partial charge on any atom is -0.391 e. The van der Waals surface area contributed by atoms with Gasteiger partial charge in [0.15, 0.2) is 0 Å².